The van der Waals surface area contributed by atoms with Gasteiger partial charge in [0.05, 0.1) is 12.3 Å². The van der Waals surface area contributed by atoms with Gasteiger partial charge in [0, 0.05) is 16.8 Å². The predicted molar refractivity (Wildman–Crippen MR) is 126 cm³/mol. The van der Waals surface area contributed by atoms with Crippen LogP contribution in [0.2, 0.25) is 0 Å². The van der Waals surface area contributed by atoms with Crippen LogP contribution < -0.4 is 10.1 Å². The molecule has 3 aromatic carbocycles. The molecule has 32 heavy (non-hydrogen) atoms. The molecule has 1 heterocycles. The van der Waals surface area contributed by atoms with Crippen LogP contribution in [0.4, 0.5) is 5.69 Å². The lowest BCUT2D eigenvalue weighted by Crippen LogP contribution is -2.12. The maximum Gasteiger partial charge on any atom is 0.336 e. The molecule has 6 heteroatoms. The van der Waals surface area contributed by atoms with Gasteiger partial charge in [-0.25, -0.2) is 4.68 Å². The van der Waals surface area contributed by atoms with Gasteiger partial charge < -0.3 is 10.1 Å². The quantitative estimate of drug-likeness (QED) is 0.426. The zero-order chi connectivity index (χ0) is 22.5. The molecule has 0 spiro atoms. The van der Waals surface area contributed by atoms with Crippen LogP contribution in [0.25, 0.3) is 17.1 Å². The Morgan fingerprint density at radius 2 is 1.62 bits per heavy atom. The fraction of sp³-hybridized carbons (Fsp3) is 0.192. The minimum atomic E-state index is -0.139. The summed E-state index contributed by atoms with van der Waals surface area (Å²) in [6, 6.07) is 23.6. The van der Waals surface area contributed by atoms with Crippen molar-refractivity contribution in [2.45, 2.75) is 27.2 Å². The second kappa shape index (κ2) is 9.47. The maximum atomic E-state index is 12.6. The Hall–Kier alpha value is -3.93. The normalized spacial score (nSPS) is 10.7. The largest absolute Gasteiger partial charge is 0.463 e. The number of carbonyl (C=O) groups is 1. The van der Waals surface area contributed by atoms with E-state index in [4.69, 9.17) is 4.74 Å². The minimum absolute atomic E-state index is 0.139. The monoisotopic (exact) mass is 426 g/mol. The Morgan fingerprint density at radius 3 is 2.25 bits per heavy atom. The summed E-state index contributed by atoms with van der Waals surface area (Å²) in [5.74, 6) is 0.557. The molecule has 0 saturated heterocycles. The lowest BCUT2D eigenvalue weighted by atomic mass is 10.1. The number of nitrogens with zero attached hydrogens (tertiary/aromatic N) is 3. The third-order valence-corrected chi connectivity index (χ3v) is 5.17. The smallest absolute Gasteiger partial charge is 0.336 e. The average Bonchev–Trinajstić information content (AvgIpc) is 3.24. The molecule has 6 nitrogen and oxygen atoms in total. The summed E-state index contributed by atoms with van der Waals surface area (Å²) >= 11 is 0. The highest BCUT2D eigenvalue weighted by molar-refractivity contribution is 6.04. The van der Waals surface area contributed by atoms with E-state index in [-0.39, 0.29) is 5.91 Å². The van der Waals surface area contributed by atoms with Crippen molar-refractivity contribution in [3.63, 3.8) is 0 Å². The van der Waals surface area contributed by atoms with Gasteiger partial charge in [-0.15, -0.1) is 5.10 Å². The van der Waals surface area contributed by atoms with Gasteiger partial charge >= 0.3 is 6.01 Å². The van der Waals surface area contributed by atoms with Crippen molar-refractivity contribution < 1.29 is 9.53 Å². The number of hydrogen-bond acceptors (Lipinski definition) is 4. The average molecular weight is 427 g/mol. The van der Waals surface area contributed by atoms with Gasteiger partial charge in [0.1, 0.15) is 0 Å². The van der Waals surface area contributed by atoms with Gasteiger partial charge in [-0.3, -0.25) is 4.79 Å². The van der Waals surface area contributed by atoms with Crippen molar-refractivity contribution in [2.24, 2.45) is 0 Å². The number of rotatable bonds is 7. The molecule has 1 N–H and O–H groups in total. The van der Waals surface area contributed by atoms with E-state index >= 15 is 0 Å². The second-order valence-electron chi connectivity index (χ2n) is 7.48. The highest BCUT2D eigenvalue weighted by Crippen LogP contribution is 2.25. The first kappa shape index (κ1) is 21.3. The van der Waals surface area contributed by atoms with E-state index in [1.54, 1.807) is 4.68 Å². The molecule has 0 saturated carbocycles. The molecule has 1 amide bonds. The van der Waals surface area contributed by atoms with Crippen LogP contribution in [0.15, 0.2) is 72.8 Å². The van der Waals surface area contributed by atoms with Crippen LogP contribution in [0.3, 0.4) is 0 Å². The number of benzene rings is 3. The standard InChI is InChI=1S/C26H26N4O2/c1-4-19-8-12-21(13-9-19)25(31)27-22-14-16-23(17-15-22)30-24(28-26(29-30)32-5-2)20-10-6-18(3)7-11-20/h6-17H,4-5H2,1-3H3,(H,27,31). The maximum absolute atomic E-state index is 12.6. The number of amides is 1. The van der Waals surface area contributed by atoms with Crippen LogP contribution in [-0.2, 0) is 6.42 Å². The van der Waals surface area contributed by atoms with E-state index < -0.39 is 0 Å². The van der Waals surface area contributed by atoms with E-state index in [0.29, 0.717) is 29.7 Å². The SMILES string of the molecule is CCOc1nc(-c2ccc(C)cc2)n(-c2ccc(NC(=O)c3ccc(CC)cc3)cc2)n1. The number of aryl methyl sites for hydroxylation is 2. The number of carbonyl (C=O) groups excluding carboxylic acids is 1. The van der Waals surface area contributed by atoms with E-state index in [0.717, 1.165) is 17.7 Å². The van der Waals surface area contributed by atoms with Gasteiger partial charge in [0.15, 0.2) is 5.82 Å². The van der Waals surface area contributed by atoms with Crippen LogP contribution in [0.1, 0.15) is 35.3 Å². The fourth-order valence-corrected chi connectivity index (χ4v) is 3.33. The molecule has 0 aliphatic carbocycles. The van der Waals surface area contributed by atoms with Crippen molar-refractivity contribution in [3.05, 3.63) is 89.5 Å². The zero-order valence-electron chi connectivity index (χ0n) is 18.5. The molecule has 0 radical (unpaired) electrons. The molecule has 0 atom stereocenters. The van der Waals surface area contributed by atoms with Crippen molar-refractivity contribution in [2.75, 3.05) is 11.9 Å². The summed E-state index contributed by atoms with van der Waals surface area (Å²) in [5.41, 5.74) is 5.49. The fourth-order valence-electron chi connectivity index (χ4n) is 3.33. The van der Waals surface area contributed by atoms with Crippen molar-refractivity contribution in [1.82, 2.24) is 14.8 Å². The summed E-state index contributed by atoms with van der Waals surface area (Å²) in [5, 5.41) is 7.46. The molecular formula is C26H26N4O2. The Labute approximate surface area is 187 Å². The number of aromatic nitrogens is 3. The van der Waals surface area contributed by atoms with E-state index in [9.17, 15) is 4.79 Å². The van der Waals surface area contributed by atoms with Crippen molar-refractivity contribution in [1.29, 1.82) is 0 Å². The molecule has 162 valence electrons. The first-order valence-corrected chi connectivity index (χ1v) is 10.7. The lowest BCUT2D eigenvalue weighted by molar-refractivity contribution is 0.102. The number of nitrogens with one attached hydrogen (secondary N) is 1. The van der Waals surface area contributed by atoms with Crippen LogP contribution >= 0.6 is 0 Å². The molecule has 4 rings (SSSR count). The third kappa shape index (κ3) is 4.70. The van der Waals surface area contributed by atoms with Crippen LogP contribution in [0.5, 0.6) is 6.01 Å². The molecule has 0 aliphatic heterocycles. The number of anilines is 1. The van der Waals surface area contributed by atoms with Gasteiger partial charge in [-0.2, -0.15) is 4.98 Å². The van der Waals surface area contributed by atoms with Crippen LogP contribution in [0, 0.1) is 6.92 Å². The molecule has 0 bridgehead atoms. The Balaban J connectivity index is 1.58. The topological polar surface area (TPSA) is 69.0 Å². The van der Waals surface area contributed by atoms with Gasteiger partial charge in [-0.05, 0) is 62.2 Å². The highest BCUT2D eigenvalue weighted by atomic mass is 16.5. The van der Waals surface area contributed by atoms with E-state index in [1.807, 2.05) is 86.6 Å². The molecule has 0 fully saturated rings. The zero-order valence-corrected chi connectivity index (χ0v) is 18.5. The predicted octanol–water partition coefficient (Wildman–Crippen LogP) is 5.46. The first-order chi connectivity index (χ1) is 15.6. The Morgan fingerprint density at radius 1 is 0.938 bits per heavy atom. The van der Waals surface area contributed by atoms with Crippen molar-refractivity contribution in [3.8, 4) is 23.1 Å². The van der Waals surface area contributed by atoms with Crippen molar-refractivity contribution >= 4 is 11.6 Å². The molecular weight excluding hydrogens is 400 g/mol. The molecule has 0 unspecified atom stereocenters. The van der Waals surface area contributed by atoms with Crippen LogP contribution in [-0.4, -0.2) is 27.3 Å². The second-order valence-corrected chi connectivity index (χ2v) is 7.48. The highest BCUT2D eigenvalue weighted by Gasteiger charge is 2.15. The summed E-state index contributed by atoms with van der Waals surface area (Å²) < 4.78 is 7.29. The minimum Gasteiger partial charge on any atom is -0.463 e. The van der Waals surface area contributed by atoms with Gasteiger partial charge in [0.25, 0.3) is 5.91 Å². The van der Waals surface area contributed by atoms with Gasteiger partial charge in [-0.1, -0.05) is 48.9 Å². The van der Waals surface area contributed by atoms with Gasteiger partial charge in [0.2, 0.25) is 0 Å². The summed E-state index contributed by atoms with van der Waals surface area (Å²) in [4.78, 5) is 17.1. The summed E-state index contributed by atoms with van der Waals surface area (Å²) in [7, 11) is 0. The lowest BCUT2D eigenvalue weighted by Gasteiger charge is -2.09. The Bertz CT molecular complexity index is 1190. The molecule has 4 aromatic rings. The third-order valence-electron chi connectivity index (χ3n) is 5.17. The summed E-state index contributed by atoms with van der Waals surface area (Å²) in [6.45, 7) is 6.53. The Kier molecular flexibility index (Phi) is 6.31. The van der Waals surface area contributed by atoms with E-state index in [1.165, 1.54) is 11.1 Å². The molecule has 0 aliphatic rings. The summed E-state index contributed by atoms with van der Waals surface area (Å²) in [6.07, 6.45) is 0.946. The van der Waals surface area contributed by atoms with E-state index in [2.05, 4.69) is 22.3 Å². The number of ether oxygens (including phenoxy) is 1. The number of hydrogen-bond donors (Lipinski definition) is 1. The first-order valence-electron chi connectivity index (χ1n) is 10.7. The molecule has 1 aromatic heterocycles.